The van der Waals surface area contributed by atoms with Crippen molar-refractivity contribution in [1.82, 2.24) is 4.90 Å². The smallest absolute Gasteiger partial charge is 0.222 e. The molecule has 0 unspecified atom stereocenters. The van der Waals surface area contributed by atoms with Gasteiger partial charge in [0.1, 0.15) is 0 Å². The van der Waals surface area contributed by atoms with Crippen LogP contribution in [0.4, 0.5) is 5.69 Å². The number of nitrogens with zero attached hydrogens (tertiary/aromatic N) is 2. The standard InChI is InChI=1S/C21H26N4O/c1-2-16-7-5-10-19(13-16)24-21(22)23-14-17-8-3-4-9-18(17)15-25-12-6-11-20(25)26/h3-5,7-10,13H,2,6,11-12,14-15H2,1H3,(H3,22,23,24). The number of aryl methyl sites for hydroxylation is 1. The number of carbonyl (C=O) groups excluding carboxylic acids is 1. The fourth-order valence-corrected chi connectivity index (χ4v) is 3.17. The summed E-state index contributed by atoms with van der Waals surface area (Å²) in [5.74, 6) is 0.630. The van der Waals surface area contributed by atoms with Gasteiger partial charge in [0, 0.05) is 25.2 Å². The van der Waals surface area contributed by atoms with E-state index in [0.717, 1.165) is 36.2 Å². The predicted octanol–water partition coefficient (Wildman–Crippen LogP) is 3.30. The van der Waals surface area contributed by atoms with Crippen LogP contribution < -0.4 is 11.1 Å². The lowest BCUT2D eigenvalue weighted by molar-refractivity contribution is -0.128. The lowest BCUT2D eigenvalue weighted by Crippen LogP contribution is -2.25. The minimum absolute atomic E-state index is 0.236. The van der Waals surface area contributed by atoms with Gasteiger partial charge in [0.05, 0.1) is 6.54 Å². The molecule has 0 radical (unpaired) electrons. The Kier molecular flexibility index (Phi) is 5.89. The van der Waals surface area contributed by atoms with Gasteiger partial charge in [-0.2, -0.15) is 0 Å². The fraction of sp³-hybridized carbons (Fsp3) is 0.333. The van der Waals surface area contributed by atoms with Crippen molar-refractivity contribution in [3.05, 3.63) is 65.2 Å². The molecule has 5 heteroatoms. The van der Waals surface area contributed by atoms with Crippen molar-refractivity contribution in [2.75, 3.05) is 11.9 Å². The number of anilines is 1. The molecule has 26 heavy (non-hydrogen) atoms. The summed E-state index contributed by atoms with van der Waals surface area (Å²) in [6.07, 6.45) is 2.59. The molecular formula is C21H26N4O. The number of hydrogen-bond acceptors (Lipinski definition) is 2. The number of amides is 1. The lowest BCUT2D eigenvalue weighted by Gasteiger charge is -2.17. The number of likely N-dealkylation sites (tertiary alicyclic amines) is 1. The second-order valence-corrected chi connectivity index (χ2v) is 6.57. The average molecular weight is 350 g/mol. The van der Waals surface area contributed by atoms with Crippen LogP contribution in [0.2, 0.25) is 0 Å². The molecule has 3 rings (SSSR count). The predicted molar refractivity (Wildman–Crippen MR) is 106 cm³/mol. The van der Waals surface area contributed by atoms with Crippen LogP contribution in [0.3, 0.4) is 0 Å². The van der Waals surface area contributed by atoms with Crippen LogP contribution in [-0.2, 0) is 24.3 Å². The Labute approximate surface area is 154 Å². The zero-order valence-corrected chi connectivity index (χ0v) is 15.2. The molecule has 0 spiro atoms. The number of nitrogens with one attached hydrogen (secondary N) is 1. The molecule has 2 aromatic carbocycles. The number of carbonyl (C=O) groups is 1. The highest BCUT2D eigenvalue weighted by Crippen LogP contribution is 2.18. The molecule has 1 aliphatic heterocycles. The van der Waals surface area contributed by atoms with Gasteiger partial charge < -0.3 is 16.0 Å². The summed E-state index contributed by atoms with van der Waals surface area (Å²) < 4.78 is 0. The summed E-state index contributed by atoms with van der Waals surface area (Å²) in [6.45, 7) is 4.10. The number of hydrogen-bond donors (Lipinski definition) is 2. The minimum atomic E-state index is 0.236. The maximum absolute atomic E-state index is 11.9. The zero-order chi connectivity index (χ0) is 18.4. The van der Waals surface area contributed by atoms with Crippen molar-refractivity contribution < 1.29 is 4.79 Å². The molecule has 0 bridgehead atoms. The maximum Gasteiger partial charge on any atom is 0.222 e. The van der Waals surface area contributed by atoms with E-state index in [1.165, 1.54) is 5.56 Å². The molecule has 136 valence electrons. The summed E-state index contributed by atoms with van der Waals surface area (Å²) in [5, 5.41) is 3.15. The number of rotatable bonds is 6. The summed E-state index contributed by atoms with van der Waals surface area (Å²) in [6, 6.07) is 16.3. The van der Waals surface area contributed by atoms with E-state index in [-0.39, 0.29) is 5.91 Å². The monoisotopic (exact) mass is 350 g/mol. The highest BCUT2D eigenvalue weighted by atomic mass is 16.2. The van der Waals surface area contributed by atoms with Crippen LogP contribution in [0.5, 0.6) is 0 Å². The van der Waals surface area contributed by atoms with Crippen LogP contribution in [-0.4, -0.2) is 23.3 Å². The molecule has 0 aromatic heterocycles. The molecule has 1 heterocycles. The molecule has 3 N–H and O–H groups in total. The molecule has 1 saturated heterocycles. The number of aliphatic imine (C=N–C) groups is 1. The van der Waals surface area contributed by atoms with E-state index in [9.17, 15) is 4.79 Å². The van der Waals surface area contributed by atoms with Gasteiger partial charge in [-0.25, -0.2) is 4.99 Å². The molecule has 1 fully saturated rings. The van der Waals surface area contributed by atoms with Gasteiger partial charge in [-0.3, -0.25) is 4.79 Å². The Balaban J connectivity index is 1.66. The van der Waals surface area contributed by atoms with Gasteiger partial charge in [-0.05, 0) is 41.7 Å². The molecule has 0 aliphatic carbocycles. The van der Waals surface area contributed by atoms with E-state index in [1.54, 1.807) is 0 Å². The maximum atomic E-state index is 11.9. The second kappa shape index (κ2) is 8.52. The summed E-state index contributed by atoms with van der Waals surface area (Å²) >= 11 is 0. The van der Waals surface area contributed by atoms with Crippen LogP contribution in [0.1, 0.15) is 36.5 Å². The lowest BCUT2D eigenvalue weighted by atomic mass is 10.1. The molecule has 0 saturated carbocycles. The van der Waals surface area contributed by atoms with Crippen molar-refractivity contribution in [2.45, 2.75) is 39.3 Å². The van der Waals surface area contributed by atoms with Crippen LogP contribution in [0.15, 0.2) is 53.5 Å². The summed E-state index contributed by atoms with van der Waals surface area (Å²) in [4.78, 5) is 18.3. The van der Waals surface area contributed by atoms with Gasteiger partial charge in [0.25, 0.3) is 0 Å². The van der Waals surface area contributed by atoms with Gasteiger partial charge in [-0.1, -0.05) is 43.3 Å². The first-order valence-electron chi connectivity index (χ1n) is 9.16. The van der Waals surface area contributed by atoms with E-state index >= 15 is 0 Å². The quantitative estimate of drug-likeness (QED) is 0.620. The molecule has 1 amide bonds. The number of guanidine groups is 1. The largest absolute Gasteiger partial charge is 0.370 e. The Bertz CT molecular complexity index is 800. The first-order valence-corrected chi connectivity index (χ1v) is 9.16. The Hall–Kier alpha value is -2.82. The van der Waals surface area contributed by atoms with Gasteiger partial charge >= 0.3 is 0 Å². The van der Waals surface area contributed by atoms with Crippen LogP contribution >= 0.6 is 0 Å². The Morgan fingerprint density at radius 1 is 1.19 bits per heavy atom. The van der Waals surface area contributed by atoms with E-state index in [1.807, 2.05) is 35.2 Å². The van der Waals surface area contributed by atoms with Gasteiger partial charge in [0.15, 0.2) is 5.96 Å². The van der Waals surface area contributed by atoms with Crippen molar-refractivity contribution in [3.63, 3.8) is 0 Å². The second-order valence-electron chi connectivity index (χ2n) is 6.57. The Morgan fingerprint density at radius 3 is 2.73 bits per heavy atom. The highest BCUT2D eigenvalue weighted by Gasteiger charge is 2.20. The van der Waals surface area contributed by atoms with Crippen molar-refractivity contribution in [3.8, 4) is 0 Å². The third-order valence-corrected chi connectivity index (χ3v) is 4.68. The molecule has 0 atom stereocenters. The SMILES string of the molecule is CCc1cccc(NC(N)=NCc2ccccc2CN2CCCC2=O)c1. The molecule has 2 aromatic rings. The number of nitrogens with two attached hydrogens (primary N) is 1. The van der Waals surface area contributed by atoms with Gasteiger partial charge in [-0.15, -0.1) is 0 Å². The van der Waals surface area contributed by atoms with Crippen LogP contribution in [0.25, 0.3) is 0 Å². The van der Waals surface area contributed by atoms with E-state index in [2.05, 4.69) is 35.4 Å². The third kappa shape index (κ3) is 4.63. The third-order valence-electron chi connectivity index (χ3n) is 4.68. The first kappa shape index (κ1) is 18.0. The normalized spacial score (nSPS) is 14.7. The Morgan fingerprint density at radius 2 is 2.00 bits per heavy atom. The molecular weight excluding hydrogens is 324 g/mol. The topological polar surface area (TPSA) is 70.7 Å². The fourth-order valence-electron chi connectivity index (χ4n) is 3.17. The average Bonchev–Trinajstić information content (AvgIpc) is 3.06. The summed E-state index contributed by atoms with van der Waals surface area (Å²) in [7, 11) is 0. The van der Waals surface area contributed by atoms with E-state index in [0.29, 0.717) is 25.5 Å². The first-order chi connectivity index (χ1) is 12.7. The van der Waals surface area contributed by atoms with Crippen LogP contribution in [0, 0.1) is 0 Å². The number of benzene rings is 2. The van der Waals surface area contributed by atoms with E-state index < -0.39 is 0 Å². The zero-order valence-electron chi connectivity index (χ0n) is 15.2. The van der Waals surface area contributed by atoms with Gasteiger partial charge in [0.2, 0.25) is 5.91 Å². The van der Waals surface area contributed by atoms with Crippen molar-refractivity contribution in [1.29, 1.82) is 0 Å². The molecule has 1 aliphatic rings. The highest BCUT2D eigenvalue weighted by molar-refractivity contribution is 5.92. The van der Waals surface area contributed by atoms with E-state index in [4.69, 9.17) is 5.73 Å². The minimum Gasteiger partial charge on any atom is -0.370 e. The molecule has 5 nitrogen and oxygen atoms in total. The summed E-state index contributed by atoms with van der Waals surface area (Å²) in [5.41, 5.74) is 10.5. The van der Waals surface area contributed by atoms with Crippen molar-refractivity contribution in [2.24, 2.45) is 10.7 Å². The van der Waals surface area contributed by atoms with Crippen molar-refractivity contribution >= 4 is 17.6 Å².